The summed E-state index contributed by atoms with van der Waals surface area (Å²) >= 11 is 12.8. The molecular weight excluding hydrogens is 743 g/mol. The van der Waals surface area contributed by atoms with Crippen molar-refractivity contribution in [3.05, 3.63) is 112 Å². The van der Waals surface area contributed by atoms with Gasteiger partial charge in [0.1, 0.15) is 44.0 Å². The molecule has 3 aliphatic rings. The Kier molecular flexibility index (Phi) is 10.9. The number of anilines is 2. The van der Waals surface area contributed by atoms with Gasteiger partial charge in [-0.05, 0) is 86.8 Å². The molecule has 0 bridgehead atoms. The molecule has 5 aromatic rings. The summed E-state index contributed by atoms with van der Waals surface area (Å²) in [7, 11) is 0. The summed E-state index contributed by atoms with van der Waals surface area (Å²) in [5.41, 5.74) is 3.52. The Labute approximate surface area is 329 Å². The van der Waals surface area contributed by atoms with Crippen molar-refractivity contribution < 1.29 is 14.2 Å². The summed E-state index contributed by atoms with van der Waals surface area (Å²) in [6.45, 7) is 7.09. The molecule has 55 heavy (non-hydrogen) atoms. The predicted molar refractivity (Wildman–Crippen MR) is 210 cm³/mol. The summed E-state index contributed by atoms with van der Waals surface area (Å²) in [5.74, 6) is -0.416. The van der Waals surface area contributed by atoms with Gasteiger partial charge in [0.05, 0.1) is 17.3 Å². The molecule has 8 rings (SSSR count). The third-order valence-electron chi connectivity index (χ3n) is 10.4. The van der Waals surface area contributed by atoms with Crippen LogP contribution in [0.3, 0.4) is 0 Å². The molecule has 2 saturated heterocycles. The fourth-order valence-electron chi connectivity index (χ4n) is 7.20. The molecule has 2 fully saturated rings. The van der Waals surface area contributed by atoms with Crippen molar-refractivity contribution in [3.8, 4) is 11.4 Å². The average molecular weight is 788 g/mol. The smallest absolute Gasteiger partial charge is 0.350 e. The van der Waals surface area contributed by atoms with E-state index in [9.17, 15) is 4.79 Å². The van der Waals surface area contributed by atoms with Gasteiger partial charge in [-0.15, -0.1) is 0 Å². The van der Waals surface area contributed by atoms with Gasteiger partial charge < -0.3 is 24.0 Å². The average Bonchev–Trinajstić information content (AvgIpc) is 3.52. The van der Waals surface area contributed by atoms with Crippen LogP contribution in [0.15, 0.2) is 101 Å². The lowest BCUT2D eigenvalue weighted by Crippen LogP contribution is -2.46. The fourth-order valence-corrected chi connectivity index (χ4v) is 7.75. The number of benzene rings is 3. The number of rotatable bonds is 16. The lowest BCUT2D eigenvalue weighted by molar-refractivity contribution is -0.190. The zero-order valence-electron chi connectivity index (χ0n) is 30.7. The topological polar surface area (TPSA) is 129 Å². The lowest BCUT2D eigenvalue weighted by Gasteiger charge is -2.37. The van der Waals surface area contributed by atoms with Crippen molar-refractivity contribution in [2.24, 2.45) is 10.2 Å². The van der Waals surface area contributed by atoms with Gasteiger partial charge in [0, 0.05) is 54.7 Å². The first-order valence-electron chi connectivity index (χ1n) is 18.8. The number of ether oxygens (including phenoxy) is 3. The minimum atomic E-state index is -1.16. The molecule has 14 nitrogen and oxygen atoms in total. The second-order valence-corrected chi connectivity index (χ2v) is 15.2. The Balaban J connectivity index is 0.796. The maximum absolute atomic E-state index is 13.0. The monoisotopic (exact) mass is 786 g/mol. The van der Waals surface area contributed by atoms with Crippen LogP contribution < -0.4 is 20.2 Å². The second-order valence-electron chi connectivity index (χ2n) is 14.4. The quantitative estimate of drug-likeness (QED) is 0.1000. The first kappa shape index (κ1) is 37.2. The molecule has 0 amide bonds. The maximum atomic E-state index is 13.0. The fraction of sp³-hybridized carbons (Fsp3) is 0.436. The molecule has 3 aromatic carbocycles. The van der Waals surface area contributed by atoms with Gasteiger partial charge in [-0.1, -0.05) is 42.1 Å². The number of aryl methyl sites for hydroxylation is 1. The maximum Gasteiger partial charge on any atom is 0.350 e. The van der Waals surface area contributed by atoms with Gasteiger partial charge >= 0.3 is 5.69 Å². The van der Waals surface area contributed by atoms with E-state index in [-0.39, 0.29) is 24.0 Å². The van der Waals surface area contributed by atoms with Crippen molar-refractivity contribution in [2.45, 2.75) is 69.7 Å². The molecule has 0 spiro atoms. The Bertz CT molecular complexity index is 2130. The van der Waals surface area contributed by atoms with E-state index in [1.54, 1.807) is 38.7 Å². The van der Waals surface area contributed by atoms with Crippen molar-refractivity contribution in [1.29, 1.82) is 0 Å². The van der Waals surface area contributed by atoms with E-state index in [1.807, 2.05) is 30.3 Å². The molecule has 0 N–H and O–H groups in total. The van der Waals surface area contributed by atoms with Crippen LogP contribution in [-0.4, -0.2) is 80.3 Å². The summed E-state index contributed by atoms with van der Waals surface area (Å²) in [5, 5.41) is 17.7. The highest BCUT2D eigenvalue weighted by Gasteiger charge is 2.45. The highest BCUT2D eigenvalue weighted by atomic mass is 35.5. The molecular formula is C39H44Cl2N10O4. The van der Waals surface area contributed by atoms with Gasteiger partial charge in [0.2, 0.25) is 5.79 Å². The third kappa shape index (κ3) is 8.72. The van der Waals surface area contributed by atoms with Crippen molar-refractivity contribution in [1.82, 2.24) is 29.1 Å². The zero-order valence-corrected chi connectivity index (χ0v) is 32.2. The number of nitrogens with zero attached hydrogens (tertiary/aromatic N) is 10. The molecule has 3 aliphatic heterocycles. The van der Waals surface area contributed by atoms with Gasteiger partial charge in [0.15, 0.2) is 5.66 Å². The Morgan fingerprint density at radius 1 is 0.836 bits per heavy atom. The van der Waals surface area contributed by atoms with Crippen LogP contribution in [0.2, 0.25) is 10.0 Å². The number of aromatic nitrogens is 6. The molecule has 0 saturated carbocycles. The van der Waals surface area contributed by atoms with E-state index >= 15 is 0 Å². The van der Waals surface area contributed by atoms with Crippen molar-refractivity contribution in [2.75, 3.05) is 49.2 Å². The summed E-state index contributed by atoms with van der Waals surface area (Å²) in [6.07, 6.45) is 9.55. The first-order valence-corrected chi connectivity index (χ1v) is 19.5. The van der Waals surface area contributed by atoms with Gasteiger partial charge in [-0.2, -0.15) is 20.4 Å². The SMILES string of the molecule is CC1(CCCCCCn2ncn(-c3ccc(N4CCN(c5ccc(OC[C@@H]6CO[C@@](Cn7cncn7)(c7ccc(Cl)cc7Cl)O6)cc5)CC4)cc3)c2=O)N=N1. The van der Waals surface area contributed by atoms with Crippen LogP contribution in [-0.2, 0) is 28.4 Å². The van der Waals surface area contributed by atoms with E-state index in [0.29, 0.717) is 35.4 Å². The number of hydrogen-bond acceptors (Lipinski definition) is 11. The Morgan fingerprint density at radius 3 is 2.20 bits per heavy atom. The largest absolute Gasteiger partial charge is 0.491 e. The van der Waals surface area contributed by atoms with Crippen LogP contribution in [0.1, 0.15) is 44.6 Å². The van der Waals surface area contributed by atoms with Crippen LogP contribution in [0, 0.1) is 0 Å². The number of halogens is 2. The summed E-state index contributed by atoms with van der Waals surface area (Å²) in [6, 6.07) is 21.6. The molecule has 0 unspecified atom stereocenters. The van der Waals surface area contributed by atoms with Crippen LogP contribution in [0.5, 0.6) is 5.75 Å². The zero-order chi connectivity index (χ0) is 37.8. The minimum Gasteiger partial charge on any atom is -0.491 e. The molecule has 16 heteroatoms. The molecule has 0 radical (unpaired) electrons. The highest BCUT2D eigenvalue weighted by molar-refractivity contribution is 6.35. The molecule has 2 atom stereocenters. The van der Waals surface area contributed by atoms with E-state index in [4.69, 9.17) is 37.4 Å². The molecule has 5 heterocycles. The van der Waals surface area contributed by atoms with Gasteiger partial charge in [-0.3, -0.25) is 0 Å². The highest BCUT2D eigenvalue weighted by Crippen LogP contribution is 2.40. The number of piperazine rings is 1. The van der Waals surface area contributed by atoms with E-state index in [1.165, 1.54) is 6.33 Å². The van der Waals surface area contributed by atoms with Gasteiger partial charge in [-0.25, -0.2) is 23.7 Å². The number of unbranched alkanes of at least 4 members (excludes halogenated alkanes) is 3. The Hall–Kier alpha value is -4.76. The van der Waals surface area contributed by atoms with Crippen LogP contribution >= 0.6 is 23.2 Å². The van der Waals surface area contributed by atoms with E-state index < -0.39 is 5.79 Å². The third-order valence-corrected chi connectivity index (χ3v) is 10.9. The van der Waals surface area contributed by atoms with Crippen molar-refractivity contribution in [3.63, 3.8) is 0 Å². The number of hydrogen-bond donors (Lipinski definition) is 0. The molecule has 0 aliphatic carbocycles. The van der Waals surface area contributed by atoms with Gasteiger partial charge in [0.25, 0.3) is 0 Å². The second kappa shape index (κ2) is 16.1. The summed E-state index contributed by atoms with van der Waals surface area (Å²) < 4.78 is 23.7. The van der Waals surface area contributed by atoms with Crippen molar-refractivity contribution >= 4 is 34.6 Å². The Morgan fingerprint density at radius 2 is 1.53 bits per heavy atom. The van der Waals surface area contributed by atoms with E-state index in [2.05, 4.69) is 66.4 Å². The van der Waals surface area contributed by atoms with E-state index in [0.717, 1.165) is 81.1 Å². The summed E-state index contributed by atoms with van der Waals surface area (Å²) in [4.78, 5) is 21.8. The molecule has 288 valence electrons. The lowest BCUT2D eigenvalue weighted by atomic mass is 10.1. The van der Waals surface area contributed by atoms with Crippen LogP contribution in [0.25, 0.3) is 5.69 Å². The standard InChI is InChI=1S/C39H44Cl2N10O4/c1-38(45-46-38)16-4-2-3-5-17-51-37(52)50(28-44-51)32-9-7-30(8-10-32)47-18-20-48(21-19-47)31-11-13-33(14-12-31)53-23-34-24-54-39(55-34,25-49-27-42-26-43-49)35-15-6-29(40)22-36(35)41/h6-15,22,26-28,34H,2-5,16-21,23-25H2,1H3/t34-,39-/m1/s1. The minimum absolute atomic E-state index is 0.109. The normalized spacial score (nSPS) is 20.3. The molecule has 2 aromatic heterocycles. The first-order chi connectivity index (χ1) is 26.8. The predicted octanol–water partition coefficient (Wildman–Crippen LogP) is 6.74. The van der Waals surface area contributed by atoms with Crippen LogP contribution in [0.4, 0.5) is 11.4 Å².